The lowest BCUT2D eigenvalue weighted by atomic mass is 10.0. The van der Waals surface area contributed by atoms with Gasteiger partial charge in [-0.3, -0.25) is 5.10 Å². The van der Waals surface area contributed by atoms with E-state index in [1.165, 1.54) is 0 Å². The number of nitrogens with zero attached hydrogens (tertiary/aromatic N) is 2. The first-order valence-electron chi connectivity index (χ1n) is 5.59. The van der Waals surface area contributed by atoms with E-state index in [-0.39, 0.29) is 11.7 Å². The van der Waals surface area contributed by atoms with Gasteiger partial charge in [-0.05, 0) is 19.9 Å². The van der Waals surface area contributed by atoms with Crippen molar-refractivity contribution in [1.29, 1.82) is 5.26 Å². The zero-order valence-electron chi connectivity index (χ0n) is 10.1. The van der Waals surface area contributed by atoms with Crippen molar-refractivity contribution in [2.45, 2.75) is 19.9 Å². The third-order valence-electron chi connectivity index (χ3n) is 2.66. The average Bonchev–Trinajstić information content (AvgIpc) is 2.76. The van der Waals surface area contributed by atoms with Crippen LogP contribution in [0, 0.1) is 11.3 Å². The number of hydrogen-bond donors (Lipinski definition) is 2. The molecule has 18 heavy (non-hydrogen) atoms. The zero-order chi connectivity index (χ0) is 13.3. The predicted molar refractivity (Wildman–Crippen MR) is 69.6 cm³/mol. The molecule has 1 aromatic heterocycles. The highest BCUT2D eigenvalue weighted by atomic mass is 35.5. The first kappa shape index (κ1) is 12.7. The summed E-state index contributed by atoms with van der Waals surface area (Å²) >= 11 is 6.18. The van der Waals surface area contributed by atoms with Crippen molar-refractivity contribution in [1.82, 2.24) is 10.2 Å². The van der Waals surface area contributed by atoms with E-state index in [1.54, 1.807) is 6.07 Å². The molecule has 1 atom stereocenters. The standard InChI is InChI=1S/C12H13ClN4O/c1-3-18-12-7(6(2)15)4-8(13)10-9(5-14)16-17-11(10)12/h4,6H,3,15H2,1-2H3,(H,16,17). The van der Waals surface area contributed by atoms with Gasteiger partial charge in [-0.15, -0.1) is 0 Å². The first-order valence-corrected chi connectivity index (χ1v) is 5.96. The number of halogens is 1. The summed E-state index contributed by atoms with van der Waals surface area (Å²) < 4.78 is 5.61. The van der Waals surface area contributed by atoms with Crippen molar-refractivity contribution in [3.05, 3.63) is 22.3 Å². The SMILES string of the molecule is CCOc1c(C(C)N)cc(Cl)c2c(C#N)n[nH]c12. The van der Waals surface area contributed by atoms with Gasteiger partial charge in [0.05, 0.1) is 17.0 Å². The lowest BCUT2D eigenvalue weighted by Crippen LogP contribution is -2.08. The number of aromatic nitrogens is 2. The summed E-state index contributed by atoms with van der Waals surface area (Å²) in [7, 11) is 0. The fraction of sp³-hybridized carbons (Fsp3) is 0.333. The van der Waals surface area contributed by atoms with Crippen molar-refractivity contribution in [2.75, 3.05) is 6.61 Å². The monoisotopic (exact) mass is 264 g/mol. The zero-order valence-corrected chi connectivity index (χ0v) is 10.9. The smallest absolute Gasteiger partial charge is 0.171 e. The van der Waals surface area contributed by atoms with Crippen LogP contribution in [0.5, 0.6) is 5.75 Å². The molecule has 0 aliphatic heterocycles. The minimum absolute atomic E-state index is 0.220. The van der Waals surface area contributed by atoms with E-state index >= 15 is 0 Å². The molecule has 0 amide bonds. The van der Waals surface area contributed by atoms with Gasteiger partial charge in [-0.2, -0.15) is 10.4 Å². The molecule has 1 unspecified atom stereocenters. The van der Waals surface area contributed by atoms with Gasteiger partial charge in [0.2, 0.25) is 0 Å². The summed E-state index contributed by atoms with van der Waals surface area (Å²) in [6, 6.07) is 3.51. The number of nitrogens with one attached hydrogen (secondary N) is 1. The number of nitrogens with two attached hydrogens (primary N) is 1. The number of H-pyrrole nitrogens is 1. The number of fused-ring (bicyclic) bond motifs is 1. The van der Waals surface area contributed by atoms with Gasteiger partial charge in [0.1, 0.15) is 17.3 Å². The van der Waals surface area contributed by atoms with Crippen LogP contribution in [0.2, 0.25) is 5.02 Å². The Hall–Kier alpha value is -1.77. The molecule has 1 heterocycles. The molecule has 0 spiro atoms. The van der Waals surface area contributed by atoms with Crippen LogP contribution in [0.1, 0.15) is 31.1 Å². The highest BCUT2D eigenvalue weighted by Crippen LogP contribution is 2.37. The number of rotatable bonds is 3. The number of nitriles is 1. The lowest BCUT2D eigenvalue weighted by molar-refractivity contribution is 0.338. The topological polar surface area (TPSA) is 87.7 Å². The van der Waals surface area contributed by atoms with E-state index in [4.69, 9.17) is 27.3 Å². The number of aromatic amines is 1. The third-order valence-corrected chi connectivity index (χ3v) is 2.96. The maximum absolute atomic E-state index is 8.99. The van der Waals surface area contributed by atoms with Crippen LogP contribution in [0.15, 0.2) is 6.07 Å². The minimum Gasteiger partial charge on any atom is -0.491 e. The average molecular weight is 265 g/mol. The summed E-state index contributed by atoms with van der Waals surface area (Å²) in [4.78, 5) is 0. The molecule has 2 aromatic rings. The molecule has 2 rings (SSSR count). The molecule has 1 aromatic carbocycles. The second-order valence-corrected chi connectivity index (χ2v) is 4.34. The van der Waals surface area contributed by atoms with Crippen LogP contribution in [-0.2, 0) is 0 Å². The van der Waals surface area contributed by atoms with Crippen LogP contribution in [0.25, 0.3) is 10.9 Å². The minimum atomic E-state index is -0.220. The number of benzene rings is 1. The van der Waals surface area contributed by atoms with Gasteiger partial charge in [0.25, 0.3) is 0 Å². The van der Waals surface area contributed by atoms with Gasteiger partial charge >= 0.3 is 0 Å². The van der Waals surface area contributed by atoms with Crippen LogP contribution in [0.4, 0.5) is 0 Å². The van der Waals surface area contributed by atoms with Crippen molar-refractivity contribution in [2.24, 2.45) is 5.73 Å². The van der Waals surface area contributed by atoms with Gasteiger partial charge < -0.3 is 10.5 Å². The van der Waals surface area contributed by atoms with Crippen molar-refractivity contribution in [3.63, 3.8) is 0 Å². The fourth-order valence-electron chi connectivity index (χ4n) is 1.88. The first-order chi connectivity index (χ1) is 8.60. The number of ether oxygens (including phenoxy) is 1. The summed E-state index contributed by atoms with van der Waals surface area (Å²) in [6.45, 7) is 4.23. The number of hydrogen-bond acceptors (Lipinski definition) is 4. The predicted octanol–water partition coefficient (Wildman–Crippen LogP) is 2.51. The molecular formula is C12H13ClN4O. The van der Waals surface area contributed by atoms with Gasteiger partial charge in [0.15, 0.2) is 5.69 Å². The van der Waals surface area contributed by atoms with Crippen LogP contribution in [0.3, 0.4) is 0 Å². The molecule has 0 aliphatic rings. The summed E-state index contributed by atoms with van der Waals surface area (Å²) in [5.74, 6) is 0.612. The Morgan fingerprint density at radius 3 is 2.94 bits per heavy atom. The molecule has 0 fully saturated rings. The molecular weight excluding hydrogens is 252 g/mol. The maximum atomic E-state index is 8.99. The second kappa shape index (κ2) is 4.84. The quantitative estimate of drug-likeness (QED) is 0.892. The van der Waals surface area contributed by atoms with E-state index in [1.807, 2.05) is 19.9 Å². The third kappa shape index (κ3) is 1.90. The Bertz CT molecular complexity index is 627. The van der Waals surface area contributed by atoms with E-state index in [2.05, 4.69) is 10.2 Å². The highest BCUT2D eigenvalue weighted by molar-refractivity contribution is 6.36. The van der Waals surface area contributed by atoms with Crippen LogP contribution < -0.4 is 10.5 Å². The van der Waals surface area contributed by atoms with Gasteiger partial charge in [-0.1, -0.05) is 11.6 Å². The van der Waals surface area contributed by atoms with Crippen molar-refractivity contribution in [3.8, 4) is 11.8 Å². The molecule has 0 saturated heterocycles. The van der Waals surface area contributed by atoms with Gasteiger partial charge in [-0.25, -0.2) is 0 Å². The maximum Gasteiger partial charge on any atom is 0.171 e. The molecule has 0 radical (unpaired) electrons. The Morgan fingerprint density at radius 2 is 2.39 bits per heavy atom. The Kier molecular flexibility index (Phi) is 3.41. The van der Waals surface area contributed by atoms with E-state index in [9.17, 15) is 0 Å². The summed E-state index contributed by atoms with van der Waals surface area (Å²) in [6.07, 6.45) is 0. The molecule has 0 saturated carbocycles. The summed E-state index contributed by atoms with van der Waals surface area (Å²) in [5, 5.41) is 16.7. The Morgan fingerprint density at radius 1 is 1.67 bits per heavy atom. The van der Waals surface area contributed by atoms with Gasteiger partial charge in [0, 0.05) is 11.6 Å². The van der Waals surface area contributed by atoms with E-state index in [0.717, 1.165) is 5.56 Å². The van der Waals surface area contributed by atoms with Crippen molar-refractivity contribution >= 4 is 22.5 Å². The normalized spacial score (nSPS) is 12.4. The van der Waals surface area contributed by atoms with Crippen molar-refractivity contribution < 1.29 is 4.74 Å². The van der Waals surface area contributed by atoms with Crippen LogP contribution >= 0.6 is 11.6 Å². The largest absolute Gasteiger partial charge is 0.491 e. The highest BCUT2D eigenvalue weighted by Gasteiger charge is 2.19. The molecule has 3 N–H and O–H groups in total. The molecule has 0 bridgehead atoms. The molecule has 6 heteroatoms. The Balaban J connectivity index is 2.82. The van der Waals surface area contributed by atoms with E-state index < -0.39 is 0 Å². The molecule has 94 valence electrons. The Labute approximate surface area is 109 Å². The second-order valence-electron chi connectivity index (χ2n) is 3.93. The van der Waals surface area contributed by atoms with E-state index in [0.29, 0.717) is 28.3 Å². The summed E-state index contributed by atoms with van der Waals surface area (Å²) in [5.41, 5.74) is 7.58. The molecule has 5 nitrogen and oxygen atoms in total. The fourth-order valence-corrected chi connectivity index (χ4v) is 2.18. The molecule has 0 aliphatic carbocycles. The lowest BCUT2D eigenvalue weighted by Gasteiger charge is -2.14. The van der Waals surface area contributed by atoms with Crippen LogP contribution in [-0.4, -0.2) is 16.8 Å².